The molecule has 1 aliphatic heterocycles. The molecule has 8 nitrogen and oxygen atoms in total. The lowest BCUT2D eigenvalue weighted by atomic mass is 10.0. The fourth-order valence-corrected chi connectivity index (χ4v) is 3.94. The normalized spacial score (nSPS) is 12.6. The number of carbonyl (C=O) groups excluding carboxylic acids is 3. The summed E-state index contributed by atoms with van der Waals surface area (Å²) in [5.41, 5.74) is 2.65. The van der Waals surface area contributed by atoms with Crippen LogP contribution in [0.15, 0.2) is 66.9 Å². The van der Waals surface area contributed by atoms with Crippen LogP contribution >= 0.6 is 0 Å². The third-order valence-electron chi connectivity index (χ3n) is 5.85. The van der Waals surface area contributed by atoms with Crippen molar-refractivity contribution < 1.29 is 23.9 Å². The molecule has 36 heavy (non-hydrogen) atoms. The van der Waals surface area contributed by atoms with Crippen LogP contribution in [0, 0.1) is 0 Å². The highest BCUT2D eigenvalue weighted by atomic mass is 16.5. The molecule has 2 amide bonds. The Hall–Kier alpha value is -4.20. The highest BCUT2D eigenvalue weighted by Gasteiger charge is 2.28. The van der Waals surface area contributed by atoms with E-state index in [4.69, 9.17) is 9.47 Å². The summed E-state index contributed by atoms with van der Waals surface area (Å²) in [5, 5.41) is 2.82. The van der Waals surface area contributed by atoms with Crippen LogP contribution in [0.4, 0.5) is 5.69 Å². The molecule has 0 saturated heterocycles. The van der Waals surface area contributed by atoms with Crippen molar-refractivity contribution in [3.8, 4) is 11.5 Å². The Morgan fingerprint density at radius 3 is 2.69 bits per heavy atom. The Labute approximate surface area is 210 Å². The van der Waals surface area contributed by atoms with Gasteiger partial charge in [0.15, 0.2) is 19.0 Å². The van der Waals surface area contributed by atoms with E-state index < -0.39 is 0 Å². The number of Topliss-reactive ketones (excluding diaryl/α,β-unsaturated/α-hetero) is 1. The molecule has 2 aromatic carbocycles. The minimum atomic E-state index is -0.353. The quantitative estimate of drug-likeness (QED) is 0.439. The molecule has 3 aromatic rings. The molecule has 1 aliphatic rings. The van der Waals surface area contributed by atoms with Crippen LogP contribution < -0.4 is 19.7 Å². The van der Waals surface area contributed by atoms with Crippen LogP contribution in [0.5, 0.6) is 11.5 Å². The minimum absolute atomic E-state index is 0.147. The maximum absolute atomic E-state index is 12.9. The first kappa shape index (κ1) is 24.9. The van der Waals surface area contributed by atoms with E-state index in [-0.39, 0.29) is 43.3 Å². The fraction of sp³-hybridized carbons (Fsp3) is 0.286. The number of para-hydroxylation sites is 1. The van der Waals surface area contributed by atoms with Crippen molar-refractivity contribution in [1.29, 1.82) is 0 Å². The van der Waals surface area contributed by atoms with Crippen molar-refractivity contribution in [2.24, 2.45) is 0 Å². The van der Waals surface area contributed by atoms with Gasteiger partial charge in [-0.25, -0.2) is 0 Å². The van der Waals surface area contributed by atoms with E-state index in [2.05, 4.69) is 24.1 Å². The second kappa shape index (κ2) is 11.5. The SMILES string of the molecule is CC(C)c1ccccc1OCC(=O)c1ccc2c(c1)N(CC(=O)NCCc1ccccn1)C(=O)CO2. The first-order valence-corrected chi connectivity index (χ1v) is 11.9. The lowest BCUT2D eigenvalue weighted by molar-refractivity contribution is -0.125. The third-order valence-corrected chi connectivity index (χ3v) is 5.85. The van der Waals surface area contributed by atoms with E-state index in [1.54, 1.807) is 24.4 Å². The van der Waals surface area contributed by atoms with Crippen LogP contribution in [0.3, 0.4) is 0 Å². The van der Waals surface area contributed by atoms with E-state index in [1.165, 1.54) is 4.90 Å². The van der Waals surface area contributed by atoms with Crippen molar-refractivity contribution in [2.75, 3.05) is 31.2 Å². The number of nitrogens with one attached hydrogen (secondary N) is 1. The smallest absolute Gasteiger partial charge is 0.265 e. The molecule has 1 N–H and O–H groups in total. The predicted molar refractivity (Wildman–Crippen MR) is 136 cm³/mol. The van der Waals surface area contributed by atoms with Gasteiger partial charge in [-0.1, -0.05) is 38.1 Å². The Morgan fingerprint density at radius 2 is 1.92 bits per heavy atom. The third kappa shape index (κ3) is 6.07. The number of hydrogen-bond donors (Lipinski definition) is 1. The lowest BCUT2D eigenvalue weighted by Crippen LogP contribution is -2.45. The van der Waals surface area contributed by atoms with Crippen molar-refractivity contribution >= 4 is 23.3 Å². The van der Waals surface area contributed by atoms with Crippen molar-refractivity contribution in [3.63, 3.8) is 0 Å². The molecular weight excluding hydrogens is 458 g/mol. The molecule has 1 aromatic heterocycles. The van der Waals surface area contributed by atoms with Gasteiger partial charge in [0.05, 0.1) is 5.69 Å². The summed E-state index contributed by atoms with van der Waals surface area (Å²) < 4.78 is 11.3. The standard InChI is InChI=1S/C28H29N3O5/c1-19(2)22-8-3-4-9-25(22)35-17-24(32)20-10-11-26-23(15-20)31(28(34)18-36-26)16-27(33)30-14-12-21-7-5-6-13-29-21/h3-11,13,15,19H,12,14,16-18H2,1-2H3,(H,30,33). The first-order chi connectivity index (χ1) is 17.4. The van der Waals surface area contributed by atoms with Gasteiger partial charge >= 0.3 is 0 Å². The van der Waals surface area contributed by atoms with Gasteiger partial charge in [0.1, 0.15) is 18.0 Å². The zero-order chi connectivity index (χ0) is 25.5. The Morgan fingerprint density at radius 1 is 1.11 bits per heavy atom. The second-order valence-electron chi connectivity index (χ2n) is 8.78. The molecule has 0 bridgehead atoms. The average molecular weight is 488 g/mol. The summed E-state index contributed by atoms with van der Waals surface area (Å²) in [6.07, 6.45) is 2.28. The van der Waals surface area contributed by atoms with Crippen LogP contribution in [-0.2, 0) is 16.0 Å². The number of hydrogen-bond acceptors (Lipinski definition) is 6. The van der Waals surface area contributed by atoms with Crippen LogP contribution in [0.25, 0.3) is 0 Å². The highest BCUT2D eigenvalue weighted by molar-refractivity contribution is 6.04. The van der Waals surface area contributed by atoms with E-state index in [1.807, 2.05) is 42.5 Å². The number of aromatic nitrogens is 1. The highest BCUT2D eigenvalue weighted by Crippen LogP contribution is 2.33. The molecule has 2 heterocycles. The van der Waals surface area contributed by atoms with E-state index in [0.29, 0.717) is 35.7 Å². The van der Waals surface area contributed by atoms with Gasteiger partial charge in [0, 0.05) is 30.4 Å². The number of amides is 2. The van der Waals surface area contributed by atoms with Gasteiger partial charge in [-0.3, -0.25) is 24.3 Å². The maximum atomic E-state index is 12.9. The topological polar surface area (TPSA) is 97.8 Å². The summed E-state index contributed by atoms with van der Waals surface area (Å²) in [5.74, 6) is 0.465. The number of benzene rings is 2. The largest absolute Gasteiger partial charge is 0.485 e. The Kier molecular flexibility index (Phi) is 7.95. The van der Waals surface area contributed by atoms with E-state index in [0.717, 1.165) is 11.3 Å². The molecule has 0 aliphatic carbocycles. The molecule has 0 unspecified atom stereocenters. The van der Waals surface area contributed by atoms with Gasteiger partial charge in [-0.2, -0.15) is 0 Å². The number of anilines is 1. The monoisotopic (exact) mass is 487 g/mol. The molecular formula is C28H29N3O5. The summed E-state index contributed by atoms with van der Waals surface area (Å²) in [7, 11) is 0. The number of pyridine rings is 1. The summed E-state index contributed by atoms with van der Waals surface area (Å²) >= 11 is 0. The van der Waals surface area contributed by atoms with Gasteiger partial charge in [0.25, 0.3) is 5.91 Å². The van der Waals surface area contributed by atoms with Crippen molar-refractivity contribution in [2.45, 2.75) is 26.2 Å². The van der Waals surface area contributed by atoms with Crippen LogP contribution in [0.2, 0.25) is 0 Å². The van der Waals surface area contributed by atoms with E-state index >= 15 is 0 Å². The molecule has 0 spiro atoms. The molecule has 0 atom stereocenters. The molecule has 186 valence electrons. The van der Waals surface area contributed by atoms with E-state index in [9.17, 15) is 14.4 Å². The lowest BCUT2D eigenvalue weighted by Gasteiger charge is -2.29. The summed E-state index contributed by atoms with van der Waals surface area (Å²) in [6, 6.07) is 18.1. The minimum Gasteiger partial charge on any atom is -0.485 e. The number of fused-ring (bicyclic) bond motifs is 1. The van der Waals surface area contributed by atoms with Gasteiger partial charge in [-0.15, -0.1) is 0 Å². The molecule has 8 heteroatoms. The van der Waals surface area contributed by atoms with Crippen molar-refractivity contribution in [3.05, 3.63) is 83.7 Å². The number of carbonyl (C=O) groups is 3. The zero-order valence-corrected chi connectivity index (χ0v) is 20.4. The van der Waals surface area contributed by atoms with Crippen LogP contribution in [0.1, 0.15) is 41.4 Å². The predicted octanol–water partition coefficient (Wildman–Crippen LogP) is 3.55. The molecule has 0 radical (unpaired) electrons. The summed E-state index contributed by atoms with van der Waals surface area (Å²) in [6.45, 7) is 4.03. The summed E-state index contributed by atoms with van der Waals surface area (Å²) in [4.78, 5) is 43.6. The molecule has 0 fully saturated rings. The fourth-order valence-electron chi connectivity index (χ4n) is 3.94. The number of ketones is 1. The average Bonchev–Trinajstić information content (AvgIpc) is 2.89. The number of ether oxygens (including phenoxy) is 2. The first-order valence-electron chi connectivity index (χ1n) is 11.9. The Bertz CT molecular complexity index is 1240. The Balaban J connectivity index is 1.41. The number of rotatable bonds is 10. The van der Waals surface area contributed by atoms with Gasteiger partial charge in [0.2, 0.25) is 5.91 Å². The van der Waals surface area contributed by atoms with Gasteiger partial charge < -0.3 is 14.8 Å². The number of nitrogens with zero attached hydrogens (tertiary/aromatic N) is 2. The van der Waals surface area contributed by atoms with Crippen molar-refractivity contribution in [1.82, 2.24) is 10.3 Å². The van der Waals surface area contributed by atoms with Gasteiger partial charge in [-0.05, 0) is 47.9 Å². The molecule has 0 saturated carbocycles. The zero-order valence-electron chi connectivity index (χ0n) is 20.4. The maximum Gasteiger partial charge on any atom is 0.265 e. The second-order valence-corrected chi connectivity index (χ2v) is 8.78. The molecule has 4 rings (SSSR count). The van der Waals surface area contributed by atoms with Crippen LogP contribution in [-0.4, -0.2) is 48.9 Å².